The van der Waals surface area contributed by atoms with Crippen LogP contribution in [-0.4, -0.2) is 137 Å². The first-order chi connectivity index (χ1) is 15.6. The molecule has 2 saturated carbocycles. The fraction of sp³-hybridized carbons (Fsp3) is 1.00. The predicted octanol–water partition coefficient (Wildman–Crippen LogP) is -4.54. The van der Waals surface area contributed by atoms with Gasteiger partial charge in [0.25, 0.3) is 0 Å². The molecule has 0 amide bonds. The van der Waals surface area contributed by atoms with Crippen molar-refractivity contribution in [2.45, 2.75) is 112 Å². The summed E-state index contributed by atoms with van der Waals surface area (Å²) < 4.78 is 16.0. The van der Waals surface area contributed by atoms with E-state index in [4.69, 9.17) is 14.2 Å². The van der Waals surface area contributed by atoms with Crippen LogP contribution in [0, 0.1) is 11.8 Å². The standard InChI is InChI=1S/C21H36O12/c22-6-15-17(28)18(29)19(30)21(33-15)31-8-3-10(23)9-5-13(26)20(32-14(9)4-8)7-1-11(24)16(27)12(25)2-7/h7-30H,1-6H2/p+1/t7?,8?,9?,10?,11?,12?,13?,14?,15-,16?,17-,18-,19-,20?,21-/m1/s1. The Morgan fingerprint density at radius 3 is 2.00 bits per heavy atom. The van der Waals surface area contributed by atoms with Gasteiger partial charge in [0, 0.05) is 18.8 Å². The van der Waals surface area contributed by atoms with Gasteiger partial charge in [-0.25, -0.2) is 0 Å². The van der Waals surface area contributed by atoms with Gasteiger partial charge in [-0.05, 0) is 19.3 Å². The number of ether oxygens (including phenoxy) is 3. The molecule has 2 aliphatic heterocycles. The zero-order chi connectivity index (χ0) is 24.0. The van der Waals surface area contributed by atoms with E-state index in [-0.39, 0.29) is 37.5 Å². The third kappa shape index (κ3) is 5.08. The first kappa shape index (κ1) is 25.6. The molecule has 4 aliphatic rings. The van der Waals surface area contributed by atoms with Gasteiger partial charge < -0.3 is 60.2 Å². The molecule has 12 nitrogen and oxygen atoms in total. The largest absolute Gasteiger partial charge is 0.427 e. The van der Waals surface area contributed by atoms with Crippen molar-refractivity contribution in [1.82, 2.24) is 0 Å². The lowest BCUT2D eigenvalue weighted by Crippen LogP contribution is -2.61. The fourth-order valence-electron chi connectivity index (χ4n) is 5.91. The summed E-state index contributed by atoms with van der Waals surface area (Å²) in [7, 11) is 0. The van der Waals surface area contributed by atoms with Crippen LogP contribution in [0.1, 0.15) is 32.1 Å². The molecule has 12 heteroatoms. The number of hydrogen-bond acceptors (Lipinski definition) is 11. The van der Waals surface area contributed by atoms with Gasteiger partial charge >= 0.3 is 0 Å². The van der Waals surface area contributed by atoms with Crippen LogP contribution in [0.2, 0.25) is 0 Å². The van der Waals surface area contributed by atoms with Gasteiger partial charge in [0.2, 0.25) is 0 Å². The molecule has 0 aromatic rings. The van der Waals surface area contributed by atoms with E-state index in [0.29, 0.717) is 6.42 Å². The molecule has 0 spiro atoms. The van der Waals surface area contributed by atoms with Gasteiger partial charge in [-0.2, -0.15) is 0 Å². The Bertz CT molecular complexity index is 639. The molecule has 8 unspecified atom stereocenters. The molecular weight excluding hydrogens is 444 g/mol. The Hall–Kier alpha value is -0.480. The van der Waals surface area contributed by atoms with Gasteiger partial charge in [0.15, 0.2) is 18.5 Å². The Labute approximate surface area is 191 Å². The second kappa shape index (κ2) is 10.2. The number of hydrogen-bond donors (Lipinski definition) is 9. The van der Waals surface area contributed by atoms with E-state index in [0.717, 1.165) is 0 Å². The van der Waals surface area contributed by atoms with Crippen LogP contribution in [0.15, 0.2) is 0 Å². The molecule has 4 rings (SSSR count). The summed E-state index contributed by atoms with van der Waals surface area (Å²) in [5.74, 6) is -0.645. The second-order valence-corrected chi connectivity index (χ2v) is 10.0. The lowest BCUT2D eigenvalue weighted by Gasteiger charge is -2.47. The summed E-state index contributed by atoms with van der Waals surface area (Å²) >= 11 is 0. The molecule has 0 bridgehead atoms. The number of aliphatic hydroxyl groups is 11. The van der Waals surface area contributed by atoms with Crippen molar-refractivity contribution in [2.24, 2.45) is 11.8 Å². The molecule has 4 fully saturated rings. The van der Waals surface area contributed by atoms with Crippen LogP contribution < -0.4 is 0 Å². The molecule has 13 atom stereocenters. The average Bonchev–Trinajstić information content (AvgIpc) is 2.77. The minimum atomic E-state index is -1.57. The number of rotatable bonds is 4. The predicted molar refractivity (Wildman–Crippen MR) is 109 cm³/mol. The molecule has 0 aromatic heterocycles. The summed E-state index contributed by atoms with van der Waals surface area (Å²) in [6.07, 6.45) is -12.6. The molecule has 2 heterocycles. The van der Waals surface area contributed by atoms with Crippen molar-refractivity contribution in [2.75, 3.05) is 6.61 Å². The van der Waals surface area contributed by atoms with E-state index in [2.05, 4.69) is 0 Å². The zero-order valence-electron chi connectivity index (χ0n) is 18.2. The first-order valence-electron chi connectivity index (χ1n) is 11.7. The number of fused-ring (bicyclic) bond motifs is 1. The van der Waals surface area contributed by atoms with E-state index in [9.17, 15) is 46.0 Å². The molecule has 192 valence electrons. The lowest BCUT2D eigenvalue weighted by atomic mass is 9.72. The maximum absolute atomic E-state index is 10.7. The van der Waals surface area contributed by atoms with Crippen LogP contribution in [0.3, 0.4) is 0 Å². The highest BCUT2D eigenvalue weighted by molar-refractivity contribution is 4.98. The van der Waals surface area contributed by atoms with Crippen LogP contribution in [0.25, 0.3) is 0 Å². The number of aliphatic hydroxyl groups excluding tert-OH is 9. The summed E-state index contributed by atoms with van der Waals surface area (Å²) in [5, 5.41) is 90.8. The highest BCUT2D eigenvalue weighted by atomic mass is 16.7. The monoisotopic (exact) mass is 481 g/mol. The second-order valence-electron chi connectivity index (χ2n) is 10.0. The smallest absolute Gasteiger partial charge is 0.186 e. The Kier molecular flexibility index (Phi) is 7.95. The summed E-state index contributed by atoms with van der Waals surface area (Å²) in [5.41, 5.74) is 0. The zero-order valence-corrected chi connectivity index (χ0v) is 18.2. The van der Waals surface area contributed by atoms with Gasteiger partial charge in [0.05, 0.1) is 36.9 Å². The van der Waals surface area contributed by atoms with Gasteiger partial charge in [0.1, 0.15) is 36.6 Å². The molecule has 33 heavy (non-hydrogen) atoms. The van der Waals surface area contributed by atoms with E-state index < -0.39 is 86.1 Å². The van der Waals surface area contributed by atoms with Gasteiger partial charge in [-0.15, -0.1) is 0 Å². The highest BCUT2D eigenvalue weighted by Gasteiger charge is 2.54. The van der Waals surface area contributed by atoms with Crippen LogP contribution in [-0.2, 0) is 9.47 Å². The maximum atomic E-state index is 10.7. The van der Waals surface area contributed by atoms with E-state index in [1.807, 2.05) is 0 Å². The third-order valence-corrected chi connectivity index (χ3v) is 7.80. The quantitative estimate of drug-likeness (QED) is 0.174. The van der Waals surface area contributed by atoms with Crippen molar-refractivity contribution in [3.63, 3.8) is 0 Å². The Morgan fingerprint density at radius 1 is 0.697 bits per heavy atom. The van der Waals surface area contributed by atoms with Crippen molar-refractivity contribution in [1.29, 1.82) is 0 Å². The molecular formula is C21H37O12+. The van der Waals surface area contributed by atoms with Crippen LogP contribution in [0.4, 0.5) is 0 Å². The fourth-order valence-corrected chi connectivity index (χ4v) is 5.91. The van der Waals surface area contributed by atoms with E-state index in [1.54, 1.807) is 0 Å². The van der Waals surface area contributed by atoms with Crippen molar-refractivity contribution >= 4 is 0 Å². The minimum Gasteiger partial charge on any atom is -0.427 e. The minimum absolute atomic E-state index is 0.189. The third-order valence-electron chi connectivity index (χ3n) is 7.80. The van der Waals surface area contributed by atoms with E-state index >= 15 is 0 Å². The Morgan fingerprint density at radius 2 is 1.36 bits per heavy atom. The highest BCUT2D eigenvalue weighted by Crippen LogP contribution is 2.41. The molecule has 0 aromatic carbocycles. The summed E-state index contributed by atoms with van der Waals surface area (Å²) in [4.78, 5) is 0. The maximum Gasteiger partial charge on any atom is 0.186 e. The van der Waals surface area contributed by atoms with Crippen molar-refractivity contribution < 1.29 is 60.2 Å². The molecule has 2 saturated heterocycles. The topological polar surface area (TPSA) is 213 Å². The van der Waals surface area contributed by atoms with Crippen molar-refractivity contribution in [3.8, 4) is 0 Å². The van der Waals surface area contributed by atoms with Crippen molar-refractivity contribution in [3.05, 3.63) is 0 Å². The van der Waals surface area contributed by atoms with E-state index in [1.165, 1.54) is 0 Å². The normalized spacial score (nSPS) is 55.7. The first-order valence-corrected chi connectivity index (χ1v) is 11.7. The molecule has 10 N–H and O–H groups in total. The summed E-state index contributed by atoms with van der Waals surface area (Å²) in [6, 6.07) is 0. The van der Waals surface area contributed by atoms with Crippen LogP contribution >= 0.6 is 0 Å². The molecule has 2 aliphatic carbocycles. The Balaban J connectivity index is 1.41. The summed E-state index contributed by atoms with van der Waals surface area (Å²) in [6.45, 7) is -0.578. The molecule has 0 radical (unpaired) electrons. The van der Waals surface area contributed by atoms with Crippen LogP contribution in [0.5, 0.6) is 0 Å². The average molecular weight is 482 g/mol. The lowest BCUT2D eigenvalue weighted by molar-refractivity contribution is -0.334. The van der Waals surface area contributed by atoms with Gasteiger partial charge in [-0.3, -0.25) is 0 Å². The van der Waals surface area contributed by atoms with Gasteiger partial charge in [-0.1, -0.05) is 0 Å². The SMILES string of the molecule is OC[C@H]1O[C@@H](OC2CC(O)C3CC(O)C(C4CC(O)C(O)C(O)C4)[OH+]C3C2)[C@H](O)[C@H](O)[C@@H]1O.